The van der Waals surface area contributed by atoms with E-state index in [-0.39, 0.29) is 10.8 Å². The van der Waals surface area contributed by atoms with Gasteiger partial charge in [-0.3, -0.25) is 0 Å². The summed E-state index contributed by atoms with van der Waals surface area (Å²) >= 11 is 10.9. The molecule has 0 unspecified atom stereocenters. The van der Waals surface area contributed by atoms with Crippen molar-refractivity contribution in [3.8, 4) is 0 Å². The minimum atomic E-state index is -0.268. The van der Waals surface area contributed by atoms with Gasteiger partial charge < -0.3 is 11.1 Å². The fourth-order valence-corrected chi connectivity index (χ4v) is 2.06. The van der Waals surface area contributed by atoms with Gasteiger partial charge in [-0.1, -0.05) is 29.9 Å². The van der Waals surface area contributed by atoms with Gasteiger partial charge in [0.05, 0.1) is 0 Å². The summed E-state index contributed by atoms with van der Waals surface area (Å²) in [6, 6.07) is 10.0. The monoisotopic (exact) mass is 294 g/mol. The van der Waals surface area contributed by atoms with Crippen LogP contribution in [-0.2, 0) is 0 Å². The smallest absolute Gasteiger partial charge is 0.128 e. The summed E-state index contributed by atoms with van der Waals surface area (Å²) in [5.41, 5.74) is 8.19. The first-order valence-corrected chi connectivity index (χ1v) is 6.39. The second-order valence-corrected chi connectivity index (χ2v) is 4.97. The van der Waals surface area contributed by atoms with Gasteiger partial charge in [0.25, 0.3) is 0 Å². The van der Waals surface area contributed by atoms with E-state index in [2.05, 4.69) is 5.32 Å². The number of hydrogen-bond donors (Lipinski definition) is 2. The van der Waals surface area contributed by atoms with Crippen molar-refractivity contribution >= 4 is 40.2 Å². The summed E-state index contributed by atoms with van der Waals surface area (Å²) in [7, 11) is 0. The minimum Gasteiger partial charge on any atom is -0.389 e. The summed E-state index contributed by atoms with van der Waals surface area (Å²) in [5, 5.41) is 3.67. The Morgan fingerprint density at radius 3 is 2.68 bits per heavy atom. The number of rotatable bonds is 3. The summed E-state index contributed by atoms with van der Waals surface area (Å²) in [6.07, 6.45) is 0. The van der Waals surface area contributed by atoms with Gasteiger partial charge in [0.1, 0.15) is 10.8 Å². The van der Waals surface area contributed by atoms with Crippen LogP contribution < -0.4 is 11.1 Å². The van der Waals surface area contributed by atoms with Gasteiger partial charge in [0.2, 0.25) is 0 Å². The van der Waals surface area contributed by atoms with Crippen LogP contribution in [0.25, 0.3) is 0 Å². The molecule has 2 aromatic carbocycles. The Kier molecular flexibility index (Phi) is 4.02. The zero-order valence-electron chi connectivity index (χ0n) is 10.2. The van der Waals surface area contributed by atoms with E-state index in [0.717, 1.165) is 0 Å². The van der Waals surface area contributed by atoms with Gasteiger partial charge in [-0.25, -0.2) is 4.39 Å². The van der Waals surface area contributed by atoms with E-state index in [4.69, 9.17) is 29.6 Å². The van der Waals surface area contributed by atoms with Crippen molar-refractivity contribution in [1.29, 1.82) is 0 Å². The summed E-state index contributed by atoms with van der Waals surface area (Å²) in [4.78, 5) is 0.235. The number of benzene rings is 2. The van der Waals surface area contributed by atoms with E-state index in [1.54, 1.807) is 37.3 Å². The molecule has 0 spiro atoms. The Morgan fingerprint density at radius 1 is 1.26 bits per heavy atom. The average Bonchev–Trinajstić information content (AvgIpc) is 2.36. The Hall–Kier alpha value is -1.65. The van der Waals surface area contributed by atoms with Crippen molar-refractivity contribution in [3.63, 3.8) is 0 Å². The van der Waals surface area contributed by atoms with E-state index in [1.165, 1.54) is 6.07 Å². The third kappa shape index (κ3) is 3.03. The lowest BCUT2D eigenvalue weighted by Gasteiger charge is -2.14. The minimum absolute atomic E-state index is 0.235. The molecule has 0 aliphatic carbocycles. The molecule has 2 rings (SSSR count). The maximum atomic E-state index is 13.5. The van der Waals surface area contributed by atoms with Crippen LogP contribution in [0.4, 0.5) is 15.8 Å². The molecule has 2 nitrogen and oxygen atoms in total. The second-order valence-electron chi connectivity index (χ2n) is 4.09. The summed E-state index contributed by atoms with van der Waals surface area (Å²) in [6.45, 7) is 1.70. The van der Waals surface area contributed by atoms with Crippen LogP contribution in [0.2, 0.25) is 5.02 Å². The van der Waals surface area contributed by atoms with Gasteiger partial charge in [-0.05, 0) is 37.3 Å². The maximum Gasteiger partial charge on any atom is 0.128 e. The van der Waals surface area contributed by atoms with E-state index < -0.39 is 0 Å². The van der Waals surface area contributed by atoms with Crippen LogP contribution in [0.3, 0.4) is 0 Å². The van der Waals surface area contributed by atoms with Gasteiger partial charge in [0, 0.05) is 27.5 Å². The molecule has 0 bridgehead atoms. The number of hydrogen-bond acceptors (Lipinski definition) is 2. The molecule has 98 valence electrons. The molecule has 19 heavy (non-hydrogen) atoms. The molecule has 5 heteroatoms. The van der Waals surface area contributed by atoms with Gasteiger partial charge in [-0.15, -0.1) is 0 Å². The Bertz CT molecular complexity index is 643. The molecule has 0 heterocycles. The van der Waals surface area contributed by atoms with Crippen LogP contribution in [0, 0.1) is 12.7 Å². The van der Waals surface area contributed by atoms with Crippen LogP contribution in [-0.4, -0.2) is 4.99 Å². The lowest BCUT2D eigenvalue weighted by molar-refractivity contribution is 0.619. The van der Waals surface area contributed by atoms with Crippen molar-refractivity contribution in [2.24, 2.45) is 5.73 Å². The Balaban J connectivity index is 2.44. The largest absolute Gasteiger partial charge is 0.389 e. The first kappa shape index (κ1) is 13.8. The molecule has 0 aliphatic heterocycles. The molecule has 2 aromatic rings. The highest BCUT2D eigenvalue weighted by Crippen LogP contribution is 2.27. The zero-order chi connectivity index (χ0) is 14.0. The van der Waals surface area contributed by atoms with Crippen molar-refractivity contribution in [2.75, 3.05) is 5.32 Å². The molecule has 0 aromatic heterocycles. The van der Waals surface area contributed by atoms with Gasteiger partial charge in [-0.2, -0.15) is 0 Å². The quantitative estimate of drug-likeness (QED) is 0.835. The maximum absolute atomic E-state index is 13.5. The molecule has 0 fully saturated rings. The molecule has 0 saturated carbocycles. The number of halogens is 2. The van der Waals surface area contributed by atoms with E-state index >= 15 is 0 Å². The van der Waals surface area contributed by atoms with E-state index in [1.807, 2.05) is 0 Å². The highest BCUT2D eigenvalue weighted by Gasteiger charge is 2.09. The molecule has 0 aliphatic rings. The normalized spacial score (nSPS) is 10.3. The standard InChI is InChI=1S/C14H12ClFN2S/c1-8-11(16)3-2-4-12(8)18-13-6-5-9(15)7-10(13)14(17)19/h2-7,18H,1H3,(H2,17,19). The molecule has 0 amide bonds. The van der Waals surface area contributed by atoms with Crippen molar-refractivity contribution < 1.29 is 4.39 Å². The third-order valence-electron chi connectivity index (χ3n) is 2.78. The molecule has 0 radical (unpaired) electrons. The van der Waals surface area contributed by atoms with Crippen LogP contribution in [0.5, 0.6) is 0 Å². The molecule has 3 N–H and O–H groups in total. The molecular formula is C14H12ClFN2S. The summed E-state index contributed by atoms with van der Waals surface area (Å²) in [5.74, 6) is -0.268. The third-order valence-corrected chi connectivity index (χ3v) is 3.24. The number of nitrogens with one attached hydrogen (secondary N) is 1. The van der Waals surface area contributed by atoms with E-state index in [0.29, 0.717) is 27.5 Å². The summed E-state index contributed by atoms with van der Waals surface area (Å²) < 4.78 is 13.5. The van der Waals surface area contributed by atoms with Crippen molar-refractivity contribution in [1.82, 2.24) is 0 Å². The fourth-order valence-electron chi connectivity index (χ4n) is 1.72. The highest BCUT2D eigenvalue weighted by molar-refractivity contribution is 7.80. The Labute approximate surface area is 121 Å². The van der Waals surface area contributed by atoms with Crippen LogP contribution in [0.15, 0.2) is 36.4 Å². The van der Waals surface area contributed by atoms with Gasteiger partial charge >= 0.3 is 0 Å². The topological polar surface area (TPSA) is 38.0 Å². The lowest BCUT2D eigenvalue weighted by atomic mass is 10.1. The number of nitrogens with two attached hydrogens (primary N) is 1. The zero-order valence-corrected chi connectivity index (χ0v) is 11.8. The second kappa shape index (κ2) is 5.55. The molecular weight excluding hydrogens is 283 g/mol. The van der Waals surface area contributed by atoms with E-state index in [9.17, 15) is 4.39 Å². The predicted molar refractivity (Wildman–Crippen MR) is 81.8 cm³/mol. The van der Waals surface area contributed by atoms with Crippen molar-refractivity contribution in [3.05, 3.63) is 58.4 Å². The van der Waals surface area contributed by atoms with Gasteiger partial charge in [0.15, 0.2) is 0 Å². The van der Waals surface area contributed by atoms with Crippen molar-refractivity contribution in [2.45, 2.75) is 6.92 Å². The Morgan fingerprint density at radius 2 is 2.00 bits per heavy atom. The fraction of sp³-hybridized carbons (Fsp3) is 0.0714. The predicted octanol–water partition coefficient (Wildman–Crippen LogP) is 4.17. The molecule has 0 saturated heterocycles. The van der Waals surface area contributed by atoms with Crippen LogP contribution in [0.1, 0.15) is 11.1 Å². The lowest BCUT2D eigenvalue weighted by Crippen LogP contribution is -2.12. The first-order chi connectivity index (χ1) is 8.99. The number of thiocarbonyl (C=S) groups is 1. The SMILES string of the molecule is Cc1c(F)cccc1Nc1ccc(Cl)cc1C(N)=S. The first-order valence-electron chi connectivity index (χ1n) is 5.60. The average molecular weight is 295 g/mol. The highest BCUT2D eigenvalue weighted by atomic mass is 35.5. The number of anilines is 2. The van der Waals surface area contributed by atoms with Crippen LogP contribution >= 0.6 is 23.8 Å². The molecule has 0 atom stereocenters.